The van der Waals surface area contributed by atoms with Gasteiger partial charge in [-0.3, -0.25) is 9.59 Å². The minimum absolute atomic E-state index is 0.0456. The Labute approximate surface area is 140 Å². The zero-order valence-corrected chi connectivity index (χ0v) is 14.3. The molecule has 0 radical (unpaired) electrons. The molecule has 2 heterocycles. The number of aromatic nitrogens is 1. The van der Waals surface area contributed by atoms with Gasteiger partial charge >= 0.3 is 0 Å². The number of fused-ring (bicyclic) bond motifs is 1. The Morgan fingerprint density at radius 3 is 2.96 bits per heavy atom. The van der Waals surface area contributed by atoms with Crippen molar-refractivity contribution in [3.05, 3.63) is 10.6 Å². The first-order valence-corrected chi connectivity index (χ1v) is 9.47. The molecule has 1 saturated carbocycles. The Morgan fingerprint density at radius 1 is 1.35 bits per heavy atom. The fourth-order valence-corrected chi connectivity index (χ4v) is 4.71. The minimum atomic E-state index is -0.221. The number of hydrogen-bond donors (Lipinski definition) is 1. The van der Waals surface area contributed by atoms with Gasteiger partial charge in [0.2, 0.25) is 11.8 Å². The van der Waals surface area contributed by atoms with Gasteiger partial charge < -0.3 is 10.2 Å². The summed E-state index contributed by atoms with van der Waals surface area (Å²) in [5.74, 6) is 1.24. The second-order valence-electron chi connectivity index (χ2n) is 7.37. The van der Waals surface area contributed by atoms with E-state index in [2.05, 4.69) is 17.2 Å². The number of hydrogen-bond acceptors (Lipinski definition) is 4. The third-order valence-corrected chi connectivity index (χ3v) is 6.21. The van der Waals surface area contributed by atoms with E-state index in [-0.39, 0.29) is 17.7 Å². The molecule has 1 aliphatic heterocycles. The van der Waals surface area contributed by atoms with Crippen LogP contribution in [0.25, 0.3) is 0 Å². The average Bonchev–Trinajstić information content (AvgIpc) is 3.12. The molecule has 1 saturated heterocycles. The zero-order chi connectivity index (χ0) is 16.0. The van der Waals surface area contributed by atoms with Gasteiger partial charge in [-0.25, -0.2) is 4.98 Å². The van der Waals surface area contributed by atoms with Crippen molar-refractivity contribution in [3.63, 3.8) is 0 Å². The van der Waals surface area contributed by atoms with E-state index in [4.69, 9.17) is 0 Å². The number of likely N-dealkylation sites (tertiary alicyclic amines) is 1. The molecule has 4 rings (SSSR count). The molecule has 0 aromatic carbocycles. The second kappa shape index (κ2) is 5.89. The lowest BCUT2D eigenvalue weighted by molar-refractivity contribution is -0.128. The van der Waals surface area contributed by atoms with Crippen LogP contribution in [0.3, 0.4) is 0 Å². The lowest BCUT2D eigenvalue weighted by Crippen LogP contribution is -2.29. The summed E-state index contributed by atoms with van der Waals surface area (Å²) < 4.78 is 0. The molecule has 5 nitrogen and oxygen atoms in total. The Kier molecular flexibility index (Phi) is 3.87. The fraction of sp³-hybridized carbons (Fsp3) is 0.706. The maximum Gasteiger partial charge on any atom is 0.231 e. The van der Waals surface area contributed by atoms with Crippen molar-refractivity contribution in [1.82, 2.24) is 9.88 Å². The Bertz CT molecular complexity index is 638. The summed E-state index contributed by atoms with van der Waals surface area (Å²) in [5, 5.41) is 3.67. The van der Waals surface area contributed by atoms with Gasteiger partial charge in [-0.2, -0.15) is 0 Å². The normalized spacial score (nSPS) is 27.2. The summed E-state index contributed by atoms with van der Waals surface area (Å²) in [6.07, 6.45) is 6.06. The molecule has 3 aliphatic rings. The number of carbonyl (C=O) groups excluding carboxylic acids is 2. The van der Waals surface area contributed by atoms with E-state index in [1.165, 1.54) is 24.1 Å². The molecule has 2 aliphatic carbocycles. The van der Waals surface area contributed by atoms with Crippen LogP contribution in [0.15, 0.2) is 0 Å². The monoisotopic (exact) mass is 333 g/mol. The largest absolute Gasteiger partial charge is 0.342 e. The molecule has 0 spiro atoms. The zero-order valence-electron chi connectivity index (χ0n) is 13.5. The maximum atomic E-state index is 12.5. The van der Waals surface area contributed by atoms with Crippen molar-refractivity contribution in [2.45, 2.75) is 45.4 Å². The summed E-state index contributed by atoms with van der Waals surface area (Å²) in [6.45, 7) is 3.68. The predicted molar refractivity (Wildman–Crippen MR) is 89.3 cm³/mol. The molecular formula is C17H23N3O2S. The number of nitrogens with zero attached hydrogens (tertiary/aromatic N) is 2. The van der Waals surface area contributed by atoms with Gasteiger partial charge in [0.1, 0.15) is 0 Å². The standard InChI is InChI=1S/C17H23N3O2S/c1-10-2-5-13-14(6-10)23-17(18-13)19-16(22)12-7-15(21)20(9-12)8-11-3-4-11/h10-12H,2-9H2,1H3,(H,18,19,22)/t10-,12-/m1/s1. The number of aryl methyl sites for hydroxylation is 1. The quantitative estimate of drug-likeness (QED) is 0.921. The summed E-state index contributed by atoms with van der Waals surface area (Å²) >= 11 is 1.61. The van der Waals surface area contributed by atoms with Crippen molar-refractivity contribution >= 4 is 28.3 Å². The summed E-state index contributed by atoms with van der Waals surface area (Å²) in [6, 6.07) is 0. The Hall–Kier alpha value is -1.43. The lowest BCUT2D eigenvalue weighted by Gasteiger charge is -2.15. The first kappa shape index (κ1) is 15.1. The highest BCUT2D eigenvalue weighted by atomic mass is 32.1. The smallest absolute Gasteiger partial charge is 0.231 e. The van der Waals surface area contributed by atoms with Gasteiger partial charge in [0, 0.05) is 24.4 Å². The van der Waals surface area contributed by atoms with Crippen LogP contribution in [0, 0.1) is 17.8 Å². The maximum absolute atomic E-state index is 12.5. The highest BCUT2D eigenvalue weighted by molar-refractivity contribution is 7.15. The van der Waals surface area contributed by atoms with Crippen LogP contribution in [0.5, 0.6) is 0 Å². The van der Waals surface area contributed by atoms with E-state index in [1.807, 2.05) is 4.90 Å². The first-order chi connectivity index (χ1) is 11.1. The molecule has 23 heavy (non-hydrogen) atoms. The van der Waals surface area contributed by atoms with Crippen LogP contribution in [0.4, 0.5) is 5.13 Å². The molecule has 2 atom stereocenters. The summed E-state index contributed by atoms with van der Waals surface area (Å²) in [4.78, 5) is 32.3. The minimum Gasteiger partial charge on any atom is -0.342 e. The third-order valence-electron chi connectivity index (χ3n) is 5.18. The highest BCUT2D eigenvalue weighted by Crippen LogP contribution is 2.34. The van der Waals surface area contributed by atoms with Gasteiger partial charge in [-0.05, 0) is 43.9 Å². The fourth-order valence-electron chi connectivity index (χ4n) is 3.54. The van der Waals surface area contributed by atoms with Crippen molar-refractivity contribution in [3.8, 4) is 0 Å². The van der Waals surface area contributed by atoms with Gasteiger partial charge in [0.05, 0.1) is 11.6 Å². The molecule has 1 aromatic heterocycles. The number of thiazole rings is 1. The van der Waals surface area contributed by atoms with Crippen molar-refractivity contribution in [2.24, 2.45) is 17.8 Å². The first-order valence-electron chi connectivity index (χ1n) is 8.65. The molecule has 0 unspecified atom stereocenters. The SMILES string of the molecule is C[C@@H]1CCc2nc(NC(=O)[C@@H]3CC(=O)N(CC4CC4)C3)sc2C1. The van der Waals surface area contributed by atoms with E-state index >= 15 is 0 Å². The van der Waals surface area contributed by atoms with Crippen molar-refractivity contribution < 1.29 is 9.59 Å². The van der Waals surface area contributed by atoms with Gasteiger partial charge in [-0.1, -0.05) is 6.92 Å². The van der Waals surface area contributed by atoms with Crippen LogP contribution in [-0.2, 0) is 22.4 Å². The van der Waals surface area contributed by atoms with E-state index in [9.17, 15) is 9.59 Å². The highest BCUT2D eigenvalue weighted by Gasteiger charge is 2.37. The molecular weight excluding hydrogens is 310 g/mol. The van der Waals surface area contributed by atoms with Crippen molar-refractivity contribution in [1.29, 1.82) is 0 Å². The summed E-state index contributed by atoms with van der Waals surface area (Å²) in [5.41, 5.74) is 1.15. The number of carbonyl (C=O) groups is 2. The van der Waals surface area contributed by atoms with Gasteiger partial charge in [0.15, 0.2) is 5.13 Å². The van der Waals surface area contributed by atoms with E-state index in [1.54, 1.807) is 11.3 Å². The molecule has 6 heteroatoms. The van der Waals surface area contributed by atoms with E-state index in [0.29, 0.717) is 29.9 Å². The van der Waals surface area contributed by atoms with Crippen LogP contribution >= 0.6 is 11.3 Å². The summed E-state index contributed by atoms with van der Waals surface area (Å²) in [7, 11) is 0. The Morgan fingerprint density at radius 2 is 2.17 bits per heavy atom. The molecule has 2 fully saturated rings. The number of amides is 2. The number of rotatable bonds is 4. The van der Waals surface area contributed by atoms with Gasteiger partial charge in [-0.15, -0.1) is 11.3 Å². The number of nitrogens with one attached hydrogen (secondary N) is 1. The topological polar surface area (TPSA) is 62.3 Å². The van der Waals surface area contributed by atoms with Crippen LogP contribution in [0.1, 0.15) is 43.2 Å². The average molecular weight is 333 g/mol. The van der Waals surface area contributed by atoms with Gasteiger partial charge in [0.25, 0.3) is 0 Å². The van der Waals surface area contributed by atoms with E-state index < -0.39 is 0 Å². The van der Waals surface area contributed by atoms with Crippen molar-refractivity contribution in [2.75, 3.05) is 18.4 Å². The molecule has 1 N–H and O–H groups in total. The number of anilines is 1. The third kappa shape index (κ3) is 3.27. The Balaban J connectivity index is 1.37. The van der Waals surface area contributed by atoms with Crippen LogP contribution in [0.2, 0.25) is 0 Å². The second-order valence-corrected chi connectivity index (χ2v) is 8.45. The lowest BCUT2D eigenvalue weighted by atomic mass is 9.93. The molecule has 1 aromatic rings. The molecule has 0 bridgehead atoms. The van der Waals surface area contributed by atoms with Crippen LogP contribution < -0.4 is 5.32 Å². The predicted octanol–water partition coefficient (Wildman–Crippen LogP) is 2.46. The molecule has 2 amide bonds. The van der Waals surface area contributed by atoms with Crippen LogP contribution in [-0.4, -0.2) is 34.8 Å². The van der Waals surface area contributed by atoms with E-state index in [0.717, 1.165) is 25.1 Å². The molecule has 124 valence electrons.